The normalized spacial score (nSPS) is 11.9. The Morgan fingerprint density at radius 3 is 1.63 bits per heavy atom. The van der Waals surface area contributed by atoms with Crippen molar-refractivity contribution in [3.63, 3.8) is 0 Å². The molecule has 0 fully saturated rings. The van der Waals surface area contributed by atoms with Crippen LogP contribution in [-0.4, -0.2) is 9.13 Å². The Bertz CT molecular complexity index is 3070. The number of nitrogens with zero attached hydrogens (tertiary/aromatic N) is 2. The summed E-state index contributed by atoms with van der Waals surface area (Å²) in [6.45, 7) is 0. The molecule has 0 bridgehead atoms. The van der Waals surface area contributed by atoms with Crippen LogP contribution in [0.4, 0.5) is 0 Å². The fraction of sp³-hybridized carbons (Fsp3) is 0. The molecule has 0 aliphatic carbocycles. The Morgan fingerprint density at radius 1 is 0.314 bits per heavy atom. The lowest BCUT2D eigenvalue weighted by Crippen LogP contribution is -1.94. The standard InChI is InChI=1S/C48H30N2O/c1-2-11-31(12-3-1)32-21-24-35(25-22-32)49-44-20-9-6-17-40(44)47-45(49)27-26-39-41-30-34(23-28-46(41)51-48(39)47)33-13-10-14-36(29-33)50-42-18-7-4-15-37(42)38-16-5-8-19-43(38)50/h1-30H. The highest BCUT2D eigenvalue weighted by atomic mass is 16.3. The van der Waals surface area contributed by atoms with E-state index in [-0.39, 0.29) is 0 Å². The van der Waals surface area contributed by atoms with Gasteiger partial charge in [0.15, 0.2) is 0 Å². The molecule has 0 unspecified atom stereocenters. The van der Waals surface area contributed by atoms with Crippen molar-refractivity contribution in [2.24, 2.45) is 0 Å². The van der Waals surface area contributed by atoms with Crippen LogP contribution >= 0.6 is 0 Å². The molecule has 0 radical (unpaired) electrons. The van der Waals surface area contributed by atoms with E-state index < -0.39 is 0 Å². The molecule has 0 atom stereocenters. The lowest BCUT2D eigenvalue weighted by Gasteiger charge is -2.10. The number of benzene rings is 8. The number of aromatic nitrogens is 2. The van der Waals surface area contributed by atoms with Crippen LogP contribution in [-0.2, 0) is 0 Å². The van der Waals surface area contributed by atoms with Crippen LogP contribution in [0.3, 0.4) is 0 Å². The van der Waals surface area contributed by atoms with Crippen molar-refractivity contribution in [1.29, 1.82) is 0 Å². The summed E-state index contributed by atoms with van der Waals surface area (Å²) in [5.41, 5.74) is 13.6. The second kappa shape index (κ2) is 10.8. The fourth-order valence-corrected chi connectivity index (χ4v) is 8.20. The monoisotopic (exact) mass is 650 g/mol. The first kappa shape index (κ1) is 28.0. The van der Waals surface area contributed by atoms with Crippen molar-refractivity contribution < 1.29 is 4.42 Å². The van der Waals surface area contributed by atoms with Crippen LogP contribution in [0.1, 0.15) is 0 Å². The lowest BCUT2D eigenvalue weighted by atomic mass is 10.0. The largest absolute Gasteiger partial charge is 0.455 e. The first-order valence-corrected chi connectivity index (χ1v) is 17.4. The van der Waals surface area contributed by atoms with E-state index in [1.54, 1.807) is 0 Å². The van der Waals surface area contributed by atoms with Gasteiger partial charge in [-0.3, -0.25) is 0 Å². The zero-order valence-corrected chi connectivity index (χ0v) is 27.6. The molecule has 8 aromatic carbocycles. The van der Waals surface area contributed by atoms with E-state index in [1.807, 2.05) is 0 Å². The number of fused-ring (bicyclic) bond motifs is 10. The number of para-hydroxylation sites is 3. The highest BCUT2D eigenvalue weighted by Crippen LogP contribution is 2.42. The quantitative estimate of drug-likeness (QED) is 0.186. The number of hydrogen-bond donors (Lipinski definition) is 0. The molecule has 51 heavy (non-hydrogen) atoms. The second-order valence-corrected chi connectivity index (χ2v) is 13.3. The highest BCUT2D eigenvalue weighted by molar-refractivity contribution is 6.24. The third kappa shape index (κ3) is 4.19. The smallest absolute Gasteiger partial charge is 0.145 e. The van der Waals surface area contributed by atoms with Gasteiger partial charge in [-0.2, -0.15) is 0 Å². The van der Waals surface area contributed by atoms with Crippen molar-refractivity contribution >= 4 is 65.6 Å². The van der Waals surface area contributed by atoms with Gasteiger partial charge in [-0.05, 0) is 89.0 Å². The van der Waals surface area contributed by atoms with Gasteiger partial charge in [0.2, 0.25) is 0 Å². The number of furan rings is 1. The van der Waals surface area contributed by atoms with Crippen LogP contribution in [0.15, 0.2) is 186 Å². The topological polar surface area (TPSA) is 23.0 Å². The molecule has 0 aliphatic rings. The minimum absolute atomic E-state index is 0.892. The van der Waals surface area contributed by atoms with Crippen molar-refractivity contribution in [3.05, 3.63) is 182 Å². The zero-order chi connectivity index (χ0) is 33.5. The molecule has 0 N–H and O–H groups in total. The van der Waals surface area contributed by atoms with Crippen molar-refractivity contribution in [1.82, 2.24) is 9.13 Å². The molecule has 11 rings (SSSR count). The number of rotatable bonds is 4. The third-order valence-electron chi connectivity index (χ3n) is 10.5. The van der Waals surface area contributed by atoms with Gasteiger partial charge < -0.3 is 13.6 Å². The van der Waals surface area contributed by atoms with Gasteiger partial charge in [0.05, 0.1) is 27.5 Å². The molecular weight excluding hydrogens is 621 g/mol. The van der Waals surface area contributed by atoms with E-state index >= 15 is 0 Å². The zero-order valence-electron chi connectivity index (χ0n) is 27.6. The first-order valence-electron chi connectivity index (χ1n) is 17.4. The molecular formula is C48H30N2O. The molecule has 238 valence electrons. The summed E-state index contributed by atoms with van der Waals surface area (Å²) in [6, 6.07) is 65.4. The van der Waals surface area contributed by atoms with E-state index in [2.05, 4.69) is 191 Å². The summed E-state index contributed by atoms with van der Waals surface area (Å²) >= 11 is 0. The molecule has 3 heteroatoms. The Hall–Kier alpha value is -6.84. The van der Waals surface area contributed by atoms with Gasteiger partial charge in [0.1, 0.15) is 11.2 Å². The van der Waals surface area contributed by atoms with E-state index in [0.29, 0.717) is 0 Å². The molecule has 0 amide bonds. The van der Waals surface area contributed by atoms with E-state index in [9.17, 15) is 0 Å². The maximum atomic E-state index is 6.75. The molecule has 0 saturated heterocycles. The summed E-state index contributed by atoms with van der Waals surface area (Å²) in [4.78, 5) is 0. The summed E-state index contributed by atoms with van der Waals surface area (Å²) < 4.78 is 11.5. The summed E-state index contributed by atoms with van der Waals surface area (Å²) in [5, 5.41) is 7.10. The summed E-state index contributed by atoms with van der Waals surface area (Å²) in [5.74, 6) is 0. The molecule has 0 saturated carbocycles. The van der Waals surface area contributed by atoms with Gasteiger partial charge in [-0.15, -0.1) is 0 Å². The van der Waals surface area contributed by atoms with Crippen molar-refractivity contribution in [3.8, 4) is 33.6 Å². The summed E-state index contributed by atoms with van der Waals surface area (Å²) in [6.07, 6.45) is 0. The van der Waals surface area contributed by atoms with E-state index in [4.69, 9.17) is 4.42 Å². The maximum absolute atomic E-state index is 6.75. The average molecular weight is 651 g/mol. The average Bonchev–Trinajstić information content (AvgIpc) is 3.86. The molecule has 3 heterocycles. The molecule has 3 aromatic heterocycles. The van der Waals surface area contributed by atoms with Crippen LogP contribution in [0, 0.1) is 0 Å². The van der Waals surface area contributed by atoms with Crippen LogP contribution in [0.25, 0.3) is 99.2 Å². The Morgan fingerprint density at radius 2 is 0.882 bits per heavy atom. The fourth-order valence-electron chi connectivity index (χ4n) is 8.20. The maximum Gasteiger partial charge on any atom is 0.145 e. The van der Waals surface area contributed by atoms with Crippen molar-refractivity contribution in [2.75, 3.05) is 0 Å². The highest BCUT2D eigenvalue weighted by Gasteiger charge is 2.19. The minimum Gasteiger partial charge on any atom is -0.455 e. The SMILES string of the molecule is c1ccc(-c2ccc(-n3c4ccccc4c4c5oc6ccc(-c7cccc(-n8c9ccccc9c9ccccc98)c7)cc6c5ccc43)cc2)cc1. The van der Waals surface area contributed by atoms with Gasteiger partial charge in [0.25, 0.3) is 0 Å². The predicted octanol–water partition coefficient (Wildman–Crippen LogP) is 13.1. The molecule has 0 spiro atoms. The van der Waals surface area contributed by atoms with Gasteiger partial charge in [0, 0.05) is 38.3 Å². The molecule has 11 aromatic rings. The predicted molar refractivity (Wildman–Crippen MR) is 213 cm³/mol. The lowest BCUT2D eigenvalue weighted by molar-refractivity contribution is 0.673. The Balaban J connectivity index is 1.06. The Kier molecular flexibility index (Phi) is 5.96. The molecule has 3 nitrogen and oxygen atoms in total. The Labute approximate surface area is 293 Å². The van der Waals surface area contributed by atoms with Crippen LogP contribution < -0.4 is 0 Å². The summed E-state index contributed by atoms with van der Waals surface area (Å²) in [7, 11) is 0. The van der Waals surface area contributed by atoms with Gasteiger partial charge >= 0.3 is 0 Å². The minimum atomic E-state index is 0.892. The van der Waals surface area contributed by atoms with Gasteiger partial charge in [-0.25, -0.2) is 0 Å². The first-order chi connectivity index (χ1) is 25.3. The van der Waals surface area contributed by atoms with Crippen molar-refractivity contribution in [2.45, 2.75) is 0 Å². The molecule has 0 aliphatic heterocycles. The van der Waals surface area contributed by atoms with Crippen LogP contribution in [0.2, 0.25) is 0 Å². The second-order valence-electron chi connectivity index (χ2n) is 13.3. The van der Waals surface area contributed by atoms with Gasteiger partial charge in [-0.1, -0.05) is 115 Å². The van der Waals surface area contributed by atoms with Crippen LogP contribution in [0.5, 0.6) is 0 Å². The third-order valence-corrected chi connectivity index (χ3v) is 10.5. The van der Waals surface area contributed by atoms with E-state index in [1.165, 1.54) is 43.9 Å². The van der Waals surface area contributed by atoms with E-state index in [0.717, 1.165) is 55.3 Å². The number of hydrogen-bond acceptors (Lipinski definition) is 1.